The lowest BCUT2D eigenvalue weighted by Crippen LogP contribution is -2.43. The third-order valence-electron chi connectivity index (χ3n) is 5.22. The summed E-state index contributed by atoms with van der Waals surface area (Å²) < 4.78 is 0. The summed E-state index contributed by atoms with van der Waals surface area (Å²) >= 11 is 12.4. The Morgan fingerprint density at radius 2 is 2.00 bits per heavy atom. The average Bonchev–Trinajstić information content (AvgIpc) is 3.42. The van der Waals surface area contributed by atoms with Crippen LogP contribution in [0.25, 0.3) is 0 Å². The predicted molar refractivity (Wildman–Crippen MR) is 112 cm³/mol. The summed E-state index contributed by atoms with van der Waals surface area (Å²) in [5.74, 6) is 1.69. The Bertz CT molecular complexity index is 630. The summed E-state index contributed by atoms with van der Waals surface area (Å²) in [5, 5.41) is 4.74. The quantitative estimate of drug-likeness (QED) is 0.515. The summed E-state index contributed by atoms with van der Waals surface area (Å²) in [6.07, 6.45) is 8.24. The molecule has 6 heteroatoms. The molecule has 0 amide bonds. The van der Waals surface area contributed by atoms with Crippen LogP contribution in [-0.4, -0.2) is 36.0 Å². The SMILES string of the molecule is CCCN(CC1CC1)C(=N[C@H]1CCCC[C@@H]1N)Nc1ccc(Cl)cc1Cl. The molecule has 3 N–H and O–H groups in total. The van der Waals surface area contributed by atoms with Crippen molar-refractivity contribution in [3.8, 4) is 0 Å². The van der Waals surface area contributed by atoms with Crippen molar-refractivity contribution in [1.29, 1.82) is 0 Å². The zero-order valence-corrected chi connectivity index (χ0v) is 17.1. The van der Waals surface area contributed by atoms with Gasteiger partial charge in [0.15, 0.2) is 5.96 Å². The number of benzene rings is 1. The normalized spacial score (nSPS) is 23.8. The van der Waals surface area contributed by atoms with Gasteiger partial charge in [-0.3, -0.25) is 0 Å². The first-order valence-electron chi connectivity index (χ1n) is 9.87. The van der Waals surface area contributed by atoms with Crippen molar-refractivity contribution in [3.63, 3.8) is 0 Å². The highest BCUT2D eigenvalue weighted by molar-refractivity contribution is 6.36. The predicted octanol–water partition coefficient (Wildman–Crippen LogP) is 5.15. The number of nitrogens with two attached hydrogens (primary N) is 1. The van der Waals surface area contributed by atoms with E-state index in [1.807, 2.05) is 12.1 Å². The second-order valence-corrected chi connectivity index (χ2v) is 8.45. The van der Waals surface area contributed by atoms with Gasteiger partial charge in [0, 0.05) is 24.2 Å². The summed E-state index contributed by atoms with van der Waals surface area (Å²) in [7, 11) is 0. The Hall–Kier alpha value is -0.970. The molecule has 0 aliphatic heterocycles. The summed E-state index contributed by atoms with van der Waals surface area (Å²) in [6, 6.07) is 5.86. The van der Waals surface area contributed by atoms with Gasteiger partial charge >= 0.3 is 0 Å². The van der Waals surface area contributed by atoms with E-state index in [4.69, 9.17) is 33.9 Å². The average molecular weight is 397 g/mol. The first-order valence-corrected chi connectivity index (χ1v) is 10.6. The van der Waals surface area contributed by atoms with Gasteiger partial charge in [0.1, 0.15) is 0 Å². The van der Waals surface area contributed by atoms with Crippen LogP contribution in [0.15, 0.2) is 23.2 Å². The monoisotopic (exact) mass is 396 g/mol. The van der Waals surface area contributed by atoms with Crippen LogP contribution < -0.4 is 11.1 Å². The highest BCUT2D eigenvalue weighted by Gasteiger charge is 2.28. The molecular weight excluding hydrogens is 367 g/mol. The van der Waals surface area contributed by atoms with Crippen LogP contribution in [0.4, 0.5) is 5.69 Å². The van der Waals surface area contributed by atoms with Gasteiger partial charge in [-0.25, -0.2) is 4.99 Å². The molecule has 0 aromatic heterocycles. The molecule has 0 bridgehead atoms. The fourth-order valence-electron chi connectivity index (χ4n) is 3.53. The molecular formula is C20H30Cl2N4. The number of guanidine groups is 1. The number of hydrogen-bond donors (Lipinski definition) is 2. The van der Waals surface area contributed by atoms with Gasteiger partial charge < -0.3 is 16.0 Å². The molecule has 2 atom stereocenters. The molecule has 4 nitrogen and oxygen atoms in total. The van der Waals surface area contributed by atoms with Crippen LogP contribution >= 0.6 is 23.2 Å². The van der Waals surface area contributed by atoms with E-state index in [9.17, 15) is 0 Å². The molecule has 0 saturated heterocycles. The van der Waals surface area contributed by atoms with Crippen LogP contribution in [0, 0.1) is 5.92 Å². The second kappa shape index (κ2) is 9.29. The molecule has 0 unspecified atom stereocenters. The Morgan fingerprint density at radius 1 is 1.23 bits per heavy atom. The van der Waals surface area contributed by atoms with Crippen LogP contribution in [0.5, 0.6) is 0 Å². The number of rotatable bonds is 6. The van der Waals surface area contributed by atoms with Crippen LogP contribution in [0.3, 0.4) is 0 Å². The van der Waals surface area contributed by atoms with Crippen molar-refractivity contribution < 1.29 is 0 Å². The van der Waals surface area contributed by atoms with Gasteiger partial charge in [0.25, 0.3) is 0 Å². The van der Waals surface area contributed by atoms with Crippen molar-refractivity contribution in [2.24, 2.45) is 16.6 Å². The Balaban J connectivity index is 1.85. The van der Waals surface area contributed by atoms with E-state index in [-0.39, 0.29) is 12.1 Å². The van der Waals surface area contributed by atoms with Crippen molar-refractivity contribution in [2.45, 2.75) is 64.0 Å². The second-order valence-electron chi connectivity index (χ2n) is 7.61. The van der Waals surface area contributed by atoms with Crippen LogP contribution in [0.1, 0.15) is 51.9 Å². The Labute approximate surface area is 167 Å². The van der Waals surface area contributed by atoms with Gasteiger partial charge in [-0.2, -0.15) is 0 Å². The topological polar surface area (TPSA) is 53.6 Å². The van der Waals surface area contributed by atoms with Crippen molar-refractivity contribution >= 4 is 34.8 Å². The molecule has 1 aromatic rings. The molecule has 144 valence electrons. The first-order chi connectivity index (χ1) is 12.6. The van der Waals surface area contributed by atoms with Gasteiger partial charge in [-0.15, -0.1) is 0 Å². The van der Waals surface area contributed by atoms with Gasteiger partial charge in [-0.1, -0.05) is 43.0 Å². The lowest BCUT2D eigenvalue weighted by molar-refractivity contribution is 0.366. The minimum atomic E-state index is 0.144. The number of nitrogens with zero attached hydrogens (tertiary/aromatic N) is 2. The number of aliphatic imine (C=N–C) groups is 1. The molecule has 2 aliphatic rings. The Morgan fingerprint density at radius 3 is 2.65 bits per heavy atom. The molecule has 0 spiro atoms. The van der Waals surface area contributed by atoms with E-state index in [1.165, 1.54) is 25.7 Å². The van der Waals surface area contributed by atoms with Crippen LogP contribution in [0.2, 0.25) is 10.0 Å². The fraction of sp³-hybridized carbons (Fsp3) is 0.650. The highest BCUT2D eigenvalue weighted by Crippen LogP contribution is 2.31. The maximum absolute atomic E-state index is 6.40. The highest BCUT2D eigenvalue weighted by atomic mass is 35.5. The third-order valence-corrected chi connectivity index (χ3v) is 5.76. The van der Waals surface area contributed by atoms with Crippen molar-refractivity contribution in [3.05, 3.63) is 28.2 Å². The minimum Gasteiger partial charge on any atom is -0.342 e. The maximum atomic E-state index is 6.40. The first kappa shape index (κ1) is 19.8. The number of nitrogens with one attached hydrogen (secondary N) is 1. The van der Waals surface area contributed by atoms with Gasteiger partial charge in [0.2, 0.25) is 0 Å². The molecule has 2 saturated carbocycles. The summed E-state index contributed by atoms with van der Waals surface area (Å²) in [6.45, 7) is 4.24. The molecule has 1 aromatic carbocycles. The zero-order chi connectivity index (χ0) is 18.5. The number of hydrogen-bond acceptors (Lipinski definition) is 2. The standard InChI is InChI=1S/C20H30Cl2N4/c1-2-11-26(13-14-7-8-14)20(25-19-6-4-3-5-17(19)23)24-18-10-9-15(21)12-16(18)22/h9-10,12,14,17,19H,2-8,11,13,23H2,1H3,(H,24,25)/t17-,19-/m0/s1. The lowest BCUT2D eigenvalue weighted by atomic mass is 9.91. The van der Waals surface area contributed by atoms with E-state index < -0.39 is 0 Å². The van der Waals surface area contributed by atoms with E-state index in [2.05, 4.69) is 17.1 Å². The van der Waals surface area contributed by atoms with Crippen LogP contribution in [-0.2, 0) is 0 Å². The van der Waals surface area contributed by atoms with E-state index >= 15 is 0 Å². The molecule has 3 rings (SSSR count). The third kappa shape index (κ3) is 5.51. The number of halogens is 2. The number of anilines is 1. The van der Waals surface area contributed by atoms with Gasteiger partial charge in [-0.05, 0) is 56.2 Å². The maximum Gasteiger partial charge on any atom is 0.198 e. The van der Waals surface area contributed by atoms with Crippen molar-refractivity contribution in [2.75, 3.05) is 18.4 Å². The minimum absolute atomic E-state index is 0.144. The zero-order valence-electron chi connectivity index (χ0n) is 15.6. The smallest absolute Gasteiger partial charge is 0.198 e. The molecule has 0 radical (unpaired) electrons. The molecule has 2 aliphatic carbocycles. The van der Waals surface area contributed by atoms with E-state index in [0.29, 0.717) is 10.0 Å². The largest absolute Gasteiger partial charge is 0.342 e. The lowest BCUT2D eigenvalue weighted by Gasteiger charge is -2.31. The summed E-state index contributed by atoms with van der Waals surface area (Å²) in [4.78, 5) is 7.47. The fourth-order valence-corrected chi connectivity index (χ4v) is 3.98. The van der Waals surface area contributed by atoms with Crippen molar-refractivity contribution in [1.82, 2.24) is 4.90 Å². The van der Waals surface area contributed by atoms with Gasteiger partial charge in [0.05, 0.1) is 16.8 Å². The Kier molecular flexibility index (Phi) is 7.07. The molecule has 26 heavy (non-hydrogen) atoms. The van der Waals surface area contributed by atoms with E-state index in [1.54, 1.807) is 6.07 Å². The molecule has 0 heterocycles. The summed E-state index contributed by atoms with van der Waals surface area (Å²) in [5.41, 5.74) is 7.20. The van der Waals surface area contributed by atoms with E-state index in [0.717, 1.165) is 49.9 Å². The molecule has 2 fully saturated rings.